The Balaban J connectivity index is 1.67. The highest BCUT2D eigenvalue weighted by Crippen LogP contribution is 2.36. The van der Waals surface area contributed by atoms with Crippen LogP contribution in [0.15, 0.2) is 36.4 Å². The first-order valence-corrected chi connectivity index (χ1v) is 16.0. The molecule has 1 saturated heterocycles. The standard InChI is InChI=1S/C30H37F3N4O6S/c1-29(2,3)43-28(39)34-20(15-19-16-22(32)23(33)18-21(19)31)17-26(38)36-30(9-13-44(40,41)14-10-30)27-35-24-7-5-6-8-25(24)37(27)11-12-42-4/h5-8,16,18,20H,9-15,17H2,1-4H3,(H,34,39)(H,36,38). The molecule has 0 aliphatic carbocycles. The van der Waals surface area contributed by atoms with E-state index in [2.05, 4.69) is 10.6 Å². The van der Waals surface area contributed by atoms with Gasteiger partial charge in [-0.25, -0.2) is 31.4 Å². The maximum absolute atomic E-state index is 14.6. The molecule has 14 heteroatoms. The van der Waals surface area contributed by atoms with Crippen molar-refractivity contribution in [3.63, 3.8) is 0 Å². The third-order valence-electron chi connectivity index (χ3n) is 7.37. The molecule has 240 valence electrons. The van der Waals surface area contributed by atoms with Crippen molar-refractivity contribution < 1.29 is 40.7 Å². The Bertz CT molecular complexity index is 1620. The number of carbonyl (C=O) groups is 2. The lowest BCUT2D eigenvalue weighted by Gasteiger charge is -2.38. The van der Waals surface area contributed by atoms with E-state index in [-0.39, 0.29) is 36.3 Å². The van der Waals surface area contributed by atoms with E-state index in [9.17, 15) is 31.2 Å². The lowest BCUT2D eigenvalue weighted by Crippen LogP contribution is -2.53. The molecule has 2 heterocycles. The Morgan fingerprint density at radius 2 is 1.73 bits per heavy atom. The number of imidazole rings is 1. The van der Waals surface area contributed by atoms with Crippen molar-refractivity contribution in [1.82, 2.24) is 20.2 Å². The number of benzene rings is 2. The first-order valence-electron chi connectivity index (χ1n) is 14.2. The van der Waals surface area contributed by atoms with Crippen molar-refractivity contribution in [3.05, 3.63) is 65.2 Å². The second-order valence-corrected chi connectivity index (χ2v) is 14.3. The fourth-order valence-corrected chi connectivity index (χ4v) is 6.84. The van der Waals surface area contributed by atoms with Gasteiger partial charge in [0, 0.05) is 32.2 Å². The largest absolute Gasteiger partial charge is 0.444 e. The summed E-state index contributed by atoms with van der Waals surface area (Å²) in [5, 5.41) is 5.53. The Morgan fingerprint density at radius 3 is 2.39 bits per heavy atom. The van der Waals surface area contributed by atoms with Crippen molar-refractivity contribution in [2.24, 2.45) is 0 Å². The highest BCUT2D eigenvalue weighted by molar-refractivity contribution is 7.91. The topological polar surface area (TPSA) is 129 Å². The van der Waals surface area contributed by atoms with Crippen LogP contribution in [0.4, 0.5) is 18.0 Å². The van der Waals surface area contributed by atoms with Crippen LogP contribution in [0.3, 0.4) is 0 Å². The van der Waals surface area contributed by atoms with Gasteiger partial charge in [0.25, 0.3) is 0 Å². The molecular weight excluding hydrogens is 601 g/mol. The van der Waals surface area contributed by atoms with Crippen molar-refractivity contribution in [2.45, 2.75) is 70.2 Å². The molecule has 1 aliphatic rings. The molecule has 44 heavy (non-hydrogen) atoms. The van der Waals surface area contributed by atoms with E-state index in [0.29, 0.717) is 36.6 Å². The van der Waals surface area contributed by atoms with Gasteiger partial charge in [0.2, 0.25) is 5.91 Å². The zero-order valence-corrected chi connectivity index (χ0v) is 25.9. The number of rotatable bonds is 10. The van der Waals surface area contributed by atoms with Gasteiger partial charge < -0.3 is 24.7 Å². The smallest absolute Gasteiger partial charge is 0.407 e. The number of amides is 2. The van der Waals surface area contributed by atoms with Crippen molar-refractivity contribution in [1.29, 1.82) is 0 Å². The van der Waals surface area contributed by atoms with E-state index in [1.165, 1.54) is 0 Å². The van der Waals surface area contributed by atoms with E-state index in [1.807, 2.05) is 28.8 Å². The van der Waals surface area contributed by atoms with Gasteiger partial charge in [-0.1, -0.05) is 12.1 Å². The van der Waals surface area contributed by atoms with Crippen LogP contribution in [0.2, 0.25) is 0 Å². The first-order chi connectivity index (χ1) is 20.6. The van der Waals surface area contributed by atoms with Crippen LogP contribution in [-0.4, -0.2) is 66.8 Å². The third kappa shape index (κ3) is 8.08. The summed E-state index contributed by atoms with van der Waals surface area (Å²) in [5.41, 5.74) is -0.904. The summed E-state index contributed by atoms with van der Waals surface area (Å²) >= 11 is 0. The molecule has 1 aliphatic heterocycles. The molecule has 0 spiro atoms. The van der Waals surface area contributed by atoms with Gasteiger partial charge in [0.05, 0.1) is 34.7 Å². The number of halogens is 3. The van der Waals surface area contributed by atoms with Crippen molar-refractivity contribution in [2.75, 3.05) is 25.2 Å². The van der Waals surface area contributed by atoms with Gasteiger partial charge in [0.1, 0.15) is 17.2 Å². The molecule has 2 N–H and O–H groups in total. The predicted molar refractivity (Wildman–Crippen MR) is 157 cm³/mol. The van der Waals surface area contributed by atoms with Crippen LogP contribution in [0.25, 0.3) is 11.0 Å². The average Bonchev–Trinajstić information content (AvgIpc) is 3.30. The molecule has 10 nitrogen and oxygen atoms in total. The maximum atomic E-state index is 14.6. The second-order valence-electron chi connectivity index (χ2n) is 12.0. The number of methoxy groups -OCH3 is 1. The maximum Gasteiger partial charge on any atom is 0.407 e. The van der Waals surface area contributed by atoms with E-state index < -0.39 is 62.9 Å². The molecule has 4 rings (SSSR count). The van der Waals surface area contributed by atoms with E-state index in [1.54, 1.807) is 27.9 Å². The summed E-state index contributed by atoms with van der Waals surface area (Å²) in [7, 11) is -1.81. The molecule has 1 unspecified atom stereocenters. The van der Waals surface area contributed by atoms with Crippen LogP contribution < -0.4 is 10.6 Å². The highest BCUT2D eigenvalue weighted by Gasteiger charge is 2.44. The number of para-hydroxylation sites is 2. The lowest BCUT2D eigenvalue weighted by atomic mass is 9.90. The number of nitrogens with zero attached hydrogens (tertiary/aromatic N) is 2. The Hall–Kier alpha value is -3.65. The molecule has 2 aromatic carbocycles. The van der Waals surface area contributed by atoms with Crippen LogP contribution >= 0.6 is 0 Å². The number of aromatic nitrogens is 2. The first kappa shape index (κ1) is 33.2. The summed E-state index contributed by atoms with van der Waals surface area (Å²) in [4.78, 5) is 31.2. The van der Waals surface area contributed by atoms with E-state index >= 15 is 0 Å². The molecule has 0 bridgehead atoms. The van der Waals surface area contributed by atoms with Crippen molar-refractivity contribution in [3.8, 4) is 0 Å². The van der Waals surface area contributed by atoms with E-state index in [4.69, 9.17) is 14.5 Å². The summed E-state index contributed by atoms with van der Waals surface area (Å²) in [6, 6.07) is 7.33. The number of hydrogen-bond acceptors (Lipinski definition) is 7. The normalized spacial score (nSPS) is 16.8. The average molecular weight is 639 g/mol. The lowest BCUT2D eigenvalue weighted by molar-refractivity contribution is -0.124. The molecule has 0 saturated carbocycles. The van der Waals surface area contributed by atoms with E-state index in [0.717, 1.165) is 5.52 Å². The number of carbonyl (C=O) groups excluding carboxylic acids is 2. The molecule has 0 radical (unpaired) electrons. The van der Waals surface area contributed by atoms with Gasteiger partial charge in [-0.3, -0.25) is 4.79 Å². The Morgan fingerprint density at radius 1 is 1.07 bits per heavy atom. The zero-order valence-electron chi connectivity index (χ0n) is 25.1. The van der Waals surface area contributed by atoms with Gasteiger partial charge in [-0.2, -0.15) is 0 Å². The highest BCUT2D eigenvalue weighted by atomic mass is 32.2. The molecule has 1 atom stereocenters. The Kier molecular flexibility index (Phi) is 9.93. The molecule has 3 aromatic rings. The fraction of sp³-hybridized carbons (Fsp3) is 0.500. The quantitative estimate of drug-likeness (QED) is 0.320. The summed E-state index contributed by atoms with van der Waals surface area (Å²) in [6.45, 7) is 5.63. The minimum atomic E-state index is -3.36. The molecular formula is C30H37F3N4O6S. The van der Waals surface area contributed by atoms with Gasteiger partial charge >= 0.3 is 6.09 Å². The number of ether oxygens (including phenoxy) is 2. The number of fused-ring (bicyclic) bond motifs is 1. The van der Waals surface area contributed by atoms with Crippen LogP contribution in [0, 0.1) is 17.5 Å². The van der Waals surface area contributed by atoms with Crippen LogP contribution in [-0.2, 0) is 42.6 Å². The molecule has 1 aromatic heterocycles. The molecule has 1 fully saturated rings. The minimum Gasteiger partial charge on any atom is -0.444 e. The van der Waals surface area contributed by atoms with Crippen molar-refractivity contribution >= 4 is 32.9 Å². The van der Waals surface area contributed by atoms with Gasteiger partial charge in [-0.05, 0) is 63.8 Å². The monoisotopic (exact) mass is 638 g/mol. The fourth-order valence-electron chi connectivity index (χ4n) is 5.32. The Labute approximate surface area is 254 Å². The number of hydrogen-bond donors (Lipinski definition) is 2. The van der Waals surface area contributed by atoms with Gasteiger partial charge in [0.15, 0.2) is 21.5 Å². The SMILES string of the molecule is COCCn1c(C2(NC(=O)CC(Cc3cc(F)c(F)cc3F)NC(=O)OC(C)(C)C)CCS(=O)(=O)CC2)nc2ccccc21. The number of nitrogens with one attached hydrogen (secondary N) is 2. The van der Waals surface area contributed by atoms with Gasteiger partial charge in [-0.15, -0.1) is 0 Å². The number of alkyl carbamates (subject to hydrolysis) is 1. The third-order valence-corrected chi connectivity index (χ3v) is 9.02. The predicted octanol–water partition coefficient (Wildman–Crippen LogP) is 4.15. The zero-order chi connectivity index (χ0) is 32.3. The minimum absolute atomic E-state index is 0.0410. The second kappa shape index (κ2) is 13.1. The number of sulfone groups is 1. The summed E-state index contributed by atoms with van der Waals surface area (Å²) < 4.78 is 79.6. The van der Waals surface area contributed by atoms with Crippen LogP contribution in [0.5, 0.6) is 0 Å². The van der Waals surface area contributed by atoms with Crippen LogP contribution in [0.1, 0.15) is 51.4 Å². The summed E-state index contributed by atoms with van der Waals surface area (Å²) in [6.07, 6.45) is -1.58. The summed E-state index contributed by atoms with van der Waals surface area (Å²) in [5.74, 6) is -4.21. The molecule has 2 amide bonds.